The summed E-state index contributed by atoms with van der Waals surface area (Å²) in [7, 11) is 1.40. The molecular formula is C20H26O4. The molecule has 1 aliphatic heterocycles. The molecule has 4 nitrogen and oxygen atoms in total. The third-order valence-electron chi connectivity index (χ3n) is 5.25. The summed E-state index contributed by atoms with van der Waals surface area (Å²) in [6.07, 6.45) is 5.64. The van der Waals surface area contributed by atoms with Gasteiger partial charge in [0.15, 0.2) is 11.5 Å². The molecule has 4 heteroatoms. The minimum atomic E-state index is -0.321. The van der Waals surface area contributed by atoms with E-state index >= 15 is 0 Å². The third-order valence-corrected chi connectivity index (χ3v) is 5.25. The highest BCUT2D eigenvalue weighted by Gasteiger charge is 2.37. The summed E-state index contributed by atoms with van der Waals surface area (Å²) in [6.45, 7) is 8.96. The Kier molecular flexibility index (Phi) is 4.33. The van der Waals surface area contributed by atoms with Crippen LogP contribution in [0.4, 0.5) is 0 Å². The Morgan fingerprint density at radius 3 is 2.71 bits per heavy atom. The van der Waals surface area contributed by atoms with Crippen molar-refractivity contribution in [1.82, 2.24) is 0 Å². The van der Waals surface area contributed by atoms with E-state index in [0.29, 0.717) is 6.42 Å². The third kappa shape index (κ3) is 2.79. The van der Waals surface area contributed by atoms with Gasteiger partial charge in [0.1, 0.15) is 0 Å². The maximum atomic E-state index is 11.5. The molecule has 24 heavy (non-hydrogen) atoms. The van der Waals surface area contributed by atoms with Crippen molar-refractivity contribution in [3.8, 4) is 11.5 Å². The number of benzene rings is 1. The lowest BCUT2D eigenvalue weighted by Crippen LogP contribution is -2.25. The van der Waals surface area contributed by atoms with Gasteiger partial charge in [0.05, 0.1) is 7.11 Å². The zero-order valence-electron chi connectivity index (χ0n) is 15.2. The van der Waals surface area contributed by atoms with Crippen LogP contribution in [0.15, 0.2) is 11.6 Å². The van der Waals surface area contributed by atoms with Crippen molar-refractivity contribution in [2.24, 2.45) is 0 Å². The van der Waals surface area contributed by atoms with Crippen LogP contribution < -0.4 is 9.47 Å². The predicted molar refractivity (Wildman–Crippen MR) is 92.7 cm³/mol. The molecule has 0 aromatic heterocycles. The number of carbonyl (C=O) groups excluding carboxylic acids is 1. The lowest BCUT2D eigenvalue weighted by molar-refractivity contribution is -0.134. The molecule has 1 aromatic rings. The Morgan fingerprint density at radius 1 is 1.29 bits per heavy atom. The maximum Gasteiger partial charge on any atom is 0.330 e. The van der Waals surface area contributed by atoms with Crippen molar-refractivity contribution >= 4 is 5.97 Å². The van der Waals surface area contributed by atoms with Crippen molar-refractivity contribution < 1.29 is 19.0 Å². The van der Waals surface area contributed by atoms with Crippen molar-refractivity contribution in [2.45, 2.75) is 58.8 Å². The zero-order valence-corrected chi connectivity index (χ0v) is 15.2. The van der Waals surface area contributed by atoms with Crippen molar-refractivity contribution in [2.75, 3.05) is 13.9 Å². The van der Waals surface area contributed by atoms with Gasteiger partial charge in [0, 0.05) is 17.2 Å². The second-order valence-electron chi connectivity index (χ2n) is 7.45. The number of ether oxygens (including phenoxy) is 3. The predicted octanol–water partition coefficient (Wildman–Crippen LogP) is 4.00. The van der Waals surface area contributed by atoms with Crippen LogP contribution in [0.3, 0.4) is 0 Å². The average Bonchev–Trinajstić information content (AvgIpc) is 2.99. The Labute approximate surface area is 143 Å². The second kappa shape index (κ2) is 6.15. The summed E-state index contributed by atoms with van der Waals surface area (Å²) in [5.41, 5.74) is 6.19. The number of methoxy groups -OCH3 is 1. The standard InChI is InChI=1S/C20H26O4/c1-12(10-16(21)22-5)9-15-13(2)14-7-6-8-20(3,4)17(14)19-18(15)23-11-24-19/h10H,6-9,11H2,1-5H3/b12-10-. The van der Waals surface area contributed by atoms with Gasteiger partial charge in [0.2, 0.25) is 6.79 Å². The van der Waals surface area contributed by atoms with Crippen molar-refractivity contribution in [3.05, 3.63) is 33.9 Å². The van der Waals surface area contributed by atoms with Crippen LogP contribution in [0.1, 0.15) is 55.9 Å². The van der Waals surface area contributed by atoms with Crippen LogP contribution >= 0.6 is 0 Å². The molecule has 2 aliphatic rings. The molecule has 0 saturated carbocycles. The number of hydrogen-bond donors (Lipinski definition) is 0. The van der Waals surface area contributed by atoms with Crippen LogP contribution in [-0.4, -0.2) is 19.9 Å². The first-order valence-electron chi connectivity index (χ1n) is 8.54. The molecule has 0 bridgehead atoms. The largest absolute Gasteiger partial charge is 0.466 e. The quantitative estimate of drug-likeness (QED) is 0.621. The van der Waals surface area contributed by atoms with Gasteiger partial charge < -0.3 is 14.2 Å². The van der Waals surface area contributed by atoms with Gasteiger partial charge in [0.25, 0.3) is 0 Å². The van der Waals surface area contributed by atoms with Crippen LogP contribution in [0.25, 0.3) is 0 Å². The van der Waals surface area contributed by atoms with Crippen LogP contribution in [-0.2, 0) is 27.8 Å². The molecule has 130 valence electrons. The summed E-state index contributed by atoms with van der Waals surface area (Å²) in [4.78, 5) is 11.5. The smallest absolute Gasteiger partial charge is 0.330 e. The highest BCUT2D eigenvalue weighted by molar-refractivity contribution is 5.82. The number of rotatable bonds is 3. The number of esters is 1. The van der Waals surface area contributed by atoms with E-state index in [4.69, 9.17) is 14.2 Å². The molecule has 1 heterocycles. The van der Waals surface area contributed by atoms with Crippen LogP contribution in [0.5, 0.6) is 11.5 Å². The molecule has 0 N–H and O–H groups in total. The highest BCUT2D eigenvalue weighted by Crippen LogP contribution is 2.51. The number of carbonyl (C=O) groups is 1. The summed E-state index contributed by atoms with van der Waals surface area (Å²) < 4.78 is 16.4. The number of fused-ring (bicyclic) bond motifs is 3. The van der Waals surface area contributed by atoms with E-state index in [0.717, 1.165) is 35.5 Å². The first-order valence-corrected chi connectivity index (χ1v) is 8.54. The second-order valence-corrected chi connectivity index (χ2v) is 7.45. The minimum Gasteiger partial charge on any atom is -0.466 e. The summed E-state index contributed by atoms with van der Waals surface area (Å²) in [5, 5.41) is 0. The fourth-order valence-corrected chi connectivity index (χ4v) is 4.03. The van der Waals surface area contributed by atoms with Gasteiger partial charge in [-0.05, 0) is 56.1 Å². The number of allylic oxidation sites excluding steroid dienone is 1. The van der Waals surface area contributed by atoms with Gasteiger partial charge in [-0.1, -0.05) is 19.4 Å². The minimum absolute atomic E-state index is 0.103. The van der Waals surface area contributed by atoms with Crippen molar-refractivity contribution in [3.63, 3.8) is 0 Å². The van der Waals surface area contributed by atoms with E-state index in [9.17, 15) is 4.79 Å². The van der Waals surface area contributed by atoms with E-state index < -0.39 is 0 Å². The van der Waals surface area contributed by atoms with E-state index in [-0.39, 0.29) is 18.2 Å². The van der Waals surface area contributed by atoms with Gasteiger partial charge >= 0.3 is 5.97 Å². The molecule has 3 rings (SSSR count). The first-order chi connectivity index (χ1) is 11.3. The van der Waals surface area contributed by atoms with E-state index in [1.165, 1.54) is 30.2 Å². The molecule has 1 aliphatic carbocycles. The van der Waals surface area contributed by atoms with Gasteiger partial charge in [-0.3, -0.25) is 0 Å². The zero-order chi connectivity index (χ0) is 17.5. The fraction of sp³-hybridized carbons (Fsp3) is 0.550. The molecule has 0 radical (unpaired) electrons. The SMILES string of the molecule is COC(=O)/C=C(/C)Cc1c(C)c2c(c3c1OCO3)C(C)(C)CCC2. The summed E-state index contributed by atoms with van der Waals surface area (Å²) >= 11 is 0. The Morgan fingerprint density at radius 2 is 2.00 bits per heavy atom. The Hall–Kier alpha value is -1.97. The molecule has 1 aromatic carbocycles. The van der Waals surface area contributed by atoms with Gasteiger partial charge in [-0.2, -0.15) is 0 Å². The van der Waals surface area contributed by atoms with E-state index in [1.807, 2.05) is 6.92 Å². The fourth-order valence-electron chi connectivity index (χ4n) is 4.03. The summed E-state index contributed by atoms with van der Waals surface area (Å²) in [5.74, 6) is 1.46. The highest BCUT2D eigenvalue weighted by atomic mass is 16.7. The van der Waals surface area contributed by atoms with Crippen LogP contribution in [0, 0.1) is 6.92 Å². The molecule has 0 fully saturated rings. The van der Waals surface area contributed by atoms with E-state index in [1.54, 1.807) is 6.08 Å². The normalized spacial score (nSPS) is 18.3. The van der Waals surface area contributed by atoms with Crippen molar-refractivity contribution in [1.29, 1.82) is 0 Å². The van der Waals surface area contributed by atoms with Crippen LogP contribution in [0.2, 0.25) is 0 Å². The Balaban J connectivity index is 2.11. The molecule has 0 unspecified atom stereocenters. The molecular weight excluding hydrogens is 304 g/mol. The molecule has 0 atom stereocenters. The molecule has 0 amide bonds. The Bertz CT molecular complexity index is 709. The monoisotopic (exact) mass is 330 g/mol. The lowest BCUT2D eigenvalue weighted by atomic mass is 9.70. The van der Waals surface area contributed by atoms with Gasteiger partial charge in [-0.25, -0.2) is 4.79 Å². The molecule has 0 saturated heterocycles. The summed E-state index contributed by atoms with van der Waals surface area (Å²) in [6, 6.07) is 0. The average molecular weight is 330 g/mol. The number of hydrogen-bond acceptors (Lipinski definition) is 4. The van der Waals surface area contributed by atoms with Gasteiger partial charge in [-0.15, -0.1) is 0 Å². The lowest BCUT2D eigenvalue weighted by Gasteiger charge is -2.35. The topological polar surface area (TPSA) is 44.8 Å². The molecule has 0 spiro atoms. The van der Waals surface area contributed by atoms with E-state index in [2.05, 4.69) is 20.8 Å². The first kappa shape index (κ1) is 16.9. The maximum absolute atomic E-state index is 11.5.